The molecule has 0 spiro atoms. The van der Waals surface area contributed by atoms with Gasteiger partial charge in [0.05, 0.1) is 6.61 Å². The smallest absolute Gasteiger partial charge is 0.265 e. The highest BCUT2D eigenvalue weighted by Crippen LogP contribution is 2.20. The number of carbonyl (C=O) groups excluding carboxylic acids is 2. The fourth-order valence-electron chi connectivity index (χ4n) is 2.00. The fourth-order valence-corrected chi connectivity index (χ4v) is 2.00. The van der Waals surface area contributed by atoms with Crippen molar-refractivity contribution in [2.75, 3.05) is 6.61 Å². The van der Waals surface area contributed by atoms with Crippen LogP contribution in [-0.4, -0.2) is 18.4 Å². The molecule has 5 nitrogen and oxygen atoms in total. The maximum atomic E-state index is 12.2. The minimum Gasteiger partial charge on any atom is -0.493 e. The summed E-state index contributed by atoms with van der Waals surface area (Å²) in [6, 6.07) is 15.8. The molecular weight excluding hydrogens is 292 g/mol. The highest BCUT2D eigenvalue weighted by molar-refractivity contribution is 6.04. The molecule has 0 radical (unpaired) electrons. The molecule has 0 unspecified atom stereocenters. The van der Waals surface area contributed by atoms with E-state index in [0.717, 1.165) is 0 Å². The first kappa shape index (κ1) is 16.3. The van der Waals surface area contributed by atoms with E-state index < -0.39 is 11.8 Å². The summed E-state index contributed by atoms with van der Waals surface area (Å²) in [6.45, 7) is 2.36. The van der Waals surface area contributed by atoms with Crippen molar-refractivity contribution in [3.63, 3.8) is 0 Å². The summed E-state index contributed by atoms with van der Waals surface area (Å²) < 4.78 is 5.50. The van der Waals surface area contributed by atoms with Gasteiger partial charge in [-0.2, -0.15) is 0 Å². The van der Waals surface area contributed by atoms with E-state index in [1.807, 2.05) is 19.1 Å². The monoisotopic (exact) mass is 310 g/mol. The number of hydrogen-bond acceptors (Lipinski definition) is 3. The van der Waals surface area contributed by atoms with E-state index in [2.05, 4.69) is 5.32 Å². The number of nitrogens with one attached hydrogen (secondary N) is 1. The van der Waals surface area contributed by atoms with E-state index in [-0.39, 0.29) is 5.70 Å². The average molecular weight is 310 g/mol. The molecule has 23 heavy (non-hydrogen) atoms. The summed E-state index contributed by atoms with van der Waals surface area (Å²) in [5.41, 5.74) is 6.48. The minimum absolute atomic E-state index is 0.00556. The zero-order valence-corrected chi connectivity index (χ0v) is 12.8. The van der Waals surface area contributed by atoms with Crippen molar-refractivity contribution in [3.05, 3.63) is 71.4 Å². The van der Waals surface area contributed by atoms with E-state index >= 15 is 0 Å². The van der Waals surface area contributed by atoms with Crippen LogP contribution in [-0.2, 0) is 4.79 Å². The Hall–Kier alpha value is -3.08. The molecule has 2 amide bonds. The fraction of sp³-hybridized carbons (Fsp3) is 0.111. The van der Waals surface area contributed by atoms with Gasteiger partial charge in [0.25, 0.3) is 11.8 Å². The number of primary amides is 1. The van der Waals surface area contributed by atoms with Crippen LogP contribution in [0.3, 0.4) is 0 Å². The van der Waals surface area contributed by atoms with Gasteiger partial charge in [0.15, 0.2) is 0 Å². The lowest BCUT2D eigenvalue weighted by Gasteiger charge is -2.10. The van der Waals surface area contributed by atoms with Gasteiger partial charge in [-0.15, -0.1) is 0 Å². The number of benzene rings is 2. The van der Waals surface area contributed by atoms with Gasteiger partial charge in [-0.1, -0.05) is 36.4 Å². The van der Waals surface area contributed by atoms with Crippen LogP contribution in [0.15, 0.2) is 60.3 Å². The van der Waals surface area contributed by atoms with Crippen molar-refractivity contribution >= 4 is 17.9 Å². The van der Waals surface area contributed by atoms with E-state index in [1.165, 1.54) is 6.08 Å². The Kier molecular flexibility index (Phi) is 5.52. The van der Waals surface area contributed by atoms with Gasteiger partial charge in [-0.25, -0.2) is 0 Å². The lowest BCUT2D eigenvalue weighted by atomic mass is 10.1. The van der Waals surface area contributed by atoms with Crippen LogP contribution < -0.4 is 15.8 Å². The van der Waals surface area contributed by atoms with Gasteiger partial charge in [0, 0.05) is 11.1 Å². The zero-order valence-electron chi connectivity index (χ0n) is 12.8. The maximum absolute atomic E-state index is 12.2. The topological polar surface area (TPSA) is 81.4 Å². The first-order chi connectivity index (χ1) is 11.1. The molecule has 0 aromatic heterocycles. The highest BCUT2D eigenvalue weighted by Gasteiger charge is 2.12. The first-order valence-corrected chi connectivity index (χ1v) is 7.21. The van der Waals surface area contributed by atoms with Crippen molar-refractivity contribution in [2.24, 2.45) is 5.73 Å². The molecule has 2 aromatic rings. The van der Waals surface area contributed by atoms with Crippen LogP contribution in [0.25, 0.3) is 6.08 Å². The summed E-state index contributed by atoms with van der Waals surface area (Å²) in [6.07, 6.45) is 1.51. The molecule has 0 aliphatic heterocycles. The molecule has 0 saturated heterocycles. The van der Waals surface area contributed by atoms with E-state index in [9.17, 15) is 9.59 Å². The molecule has 3 N–H and O–H groups in total. The maximum Gasteiger partial charge on any atom is 0.265 e. The summed E-state index contributed by atoms with van der Waals surface area (Å²) in [7, 11) is 0. The van der Waals surface area contributed by atoms with E-state index in [1.54, 1.807) is 42.5 Å². The van der Waals surface area contributed by atoms with Crippen LogP contribution in [0.5, 0.6) is 5.75 Å². The predicted molar refractivity (Wildman–Crippen MR) is 88.7 cm³/mol. The normalized spacial score (nSPS) is 10.9. The van der Waals surface area contributed by atoms with Crippen LogP contribution in [0, 0.1) is 0 Å². The number of ether oxygens (including phenoxy) is 1. The molecule has 5 heteroatoms. The molecule has 0 atom stereocenters. The predicted octanol–water partition coefficient (Wildman–Crippen LogP) is 2.34. The third-order valence-electron chi connectivity index (χ3n) is 3.07. The SMILES string of the molecule is CCOc1ccccc1/C=C(/NC(=O)c1ccccc1)C(N)=O. The van der Waals surface area contributed by atoms with Gasteiger partial charge < -0.3 is 15.8 Å². The summed E-state index contributed by atoms with van der Waals surface area (Å²) in [5, 5.41) is 2.54. The Morgan fingerprint density at radius 1 is 1.09 bits per heavy atom. The zero-order chi connectivity index (χ0) is 16.7. The van der Waals surface area contributed by atoms with Crippen molar-refractivity contribution in [2.45, 2.75) is 6.92 Å². The molecule has 0 fully saturated rings. The largest absolute Gasteiger partial charge is 0.493 e. The minimum atomic E-state index is -0.722. The summed E-state index contributed by atoms with van der Waals surface area (Å²) in [4.78, 5) is 23.8. The molecule has 0 aliphatic rings. The van der Waals surface area contributed by atoms with Crippen molar-refractivity contribution in [1.29, 1.82) is 0 Å². The number of para-hydroxylation sites is 1. The highest BCUT2D eigenvalue weighted by atomic mass is 16.5. The number of hydrogen-bond donors (Lipinski definition) is 2. The van der Waals surface area contributed by atoms with E-state index in [0.29, 0.717) is 23.5 Å². The number of carbonyl (C=O) groups is 2. The number of rotatable bonds is 6. The van der Waals surface area contributed by atoms with Crippen LogP contribution in [0.1, 0.15) is 22.8 Å². The molecule has 0 aliphatic carbocycles. The van der Waals surface area contributed by atoms with Crippen LogP contribution >= 0.6 is 0 Å². The molecule has 0 bridgehead atoms. The van der Waals surface area contributed by atoms with Crippen molar-refractivity contribution in [1.82, 2.24) is 5.32 Å². The molecule has 0 saturated carbocycles. The lowest BCUT2D eigenvalue weighted by molar-refractivity contribution is -0.114. The third kappa shape index (κ3) is 4.44. The molecular formula is C18H18N2O3. The van der Waals surface area contributed by atoms with Crippen LogP contribution in [0.4, 0.5) is 0 Å². The molecule has 2 aromatic carbocycles. The van der Waals surface area contributed by atoms with Gasteiger partial charge in [-0.3, -0.25) is 9.59 Å². The first-order valence-electron chi connectivity index (χ1n) is 7.21. The number of amides is 2. The average Bonchev–Trinajstić information content (AvgIpc) is 2.56. The second kappa shape index (κ2) is 7.79. The van der Waals surface area contributed by atoms with E-state index in [4.69, 9.17) is 10.5 Å². The van der Waals surface area contributed by atoms with Gasteiger partial charge in [0.1, 0.15) is 11.4 Å². The Labute approximate surface area is 134 Å². The Bertz CT molecular complexity index is 724. The quantitative estimate of drug-likeness (QED) is 0.804. The summed E-state index contributed by atoms with van der Waals surface area (Å²) >= 11 is 0. The lowest BCUT2D eigenvalue weighted by Crippen LogP contribution is -2.31. The van der Waals surface area contributed by atoms with Crippen LogP contribution in [0.2, 0.25) is 0 Å². The Morgan fingerprint density at radius 3 is 2.39 bits per heavy atom. The summed E-state index contributed by atoms with van der Waals surface area (Å²) in [5.74, 6) is -0.507. The van der Waals surface area contributed by atoms with Gasteiger partial charge >= 0.3 is 0 Å². The second-order valence-corrected chi connectivity index (χ2v) is 4.71. The van der Waals surface area contributed by atoms with Crippen molar-refractivity contribution in [3.8, 4) is 5.75 Å². The Balaban J connectivity index is 2.28. The molecule has 2 rings (SSSR count). The standard InChI is InChI=1S/C18H18N2O3/c1-2-23-16-11-7-6-10-14(16)12-15(17(19)21)20-18(22)13-8-4-3-5-9-13/h3-12H,2H2,1H3,(H2,19,21)(H,20,22)/b15-12+. The van der Waals surface area contributed by atoms with Gasteiger partial charge in [0.2, 0.25) is 0 Å². The molecule has 0 heterocycles. The number of nitrogens with two attached hydrogens (primary N) is 1. The second-order valence-electron chi connectivity index (χ2n) is 4.71. The Morgan fingerprint density at radius 2 is 1.74 bits per heavy atom. The third-order valence-corrected chi connectivity index (χ3v) is 3.07. The van der Waals surface area contributed by atoms with Crippen molar-refractivity contribution < 1.29 is 14.3 Å². The van der Waals surface area contributed by atoms with Gasteiger partial charge in [-0.05, 0) is 31.2 Å². The molecule has 118 valence electrons.